The summed E-state index contributed by atoms with van der Waals surface area (Å²) in [6.07, 6.45) is 2.19. The highest BCUT2D eigenvalue weighted by molar-refractivity contribution is 5.47. The number of hydrogen-bond donors (Lipinski definition) is 1. The lowest BCUT2D eigenvalue weighted by molar-refractivity contribution is 0.386. The van der Waals surface area contributed by atoms with E-state index in [1.807, 2.05) is 0 Å². The number of ether oxygens (including phenoxy) is 1. The van der Waals surface area contributed by atoms with Gasteiger partial charge in [-0.3, -0.25) is 0 Å². The monoisotopic (exact) mass is 248 g/mol. The van der Waals surface area contributed by atoms with Crippen molar-refractivity contribution in [3.8, 4) is 11.4 Å². The highest BCUT2D eigenvalue weighted by atomic mass is 19.1. The first-order valence-corrected chi connectivity index (χ1v) is 5.75. The van der Waals surface area contributed by atoms with Crippen LogP contribution in [0.5, 0.6) is 5.75 Å². The van der Waals surface area contributed by atoms with Gasteiger partial charge in [0.15, 0.2) is 17.4 Å². The number of aromatic nitrogens is 3. The van der Waals surface area contributed by atoms with Crippen molar-refractivity contribution in [3.05, 3.63) is 29.7 Å². The van der Waals surface area contributed by atoms with Gasteiger partial charge in [-0.05, 0) is 25.0 Å². The summed E-state index contributed by atoms with van der Waals surface area (Å²) in [5, 5.41) is 7.90. The van der Waals surface area contributed by atoms with Gasteiger partial charge in [0, 0.05) is 12.0 Å². The lowest BCUT2D eigenvalue weighted by Crippen LogP contribution is -2.03. The summed E-state index contributed by atoms with van der Waals surface area (Å²) in [6, 6.07) is 4.58. The lowest BCUT2D eigenvalue weighted by Gasteiger charge is -2.08. The van der Waals surface area contributed by atoms with E-state index in [0.29, 0.717) is 17.4 Å². The minimum absolute atomic E-state index is 0.184. The fraction of sp³-hybridized carbons (Fsp3) is 0.333. The Morgan fingerprint density at radius 3 is 2.89 bits per heavy atom. The molecule has 0 atom stereocenters. The summed E-state index contributed by atoms with van der Waals surface area (Å²) in [5.41, 5.74) is 7.43. The van der Waals surface area contributed by atoms with Crippen LogP contribution in [-0.2, 0) is 0 Å². The van der Waals surface area contributed by atoms with Crippen molar-refractivity contribution >= 4 is 5.82 Å². The van der Waals surface area contributed by atoms with Crippen LogP contribution >= 0.6 is 0 Å². The molecule has 1 aliphatic rings. The topological polar surface area (TPSA) is 66.0 Å². The second-order valence-corrected chi connectivity index (χ2v) is 4.36. The van der Waals surface area contributed by atoms with Gasteiger partial charge >= 0.3 is 0 Å². The highest BCUT2D eigenvalue weighted by Gasteiger charge is 2.31. The van der Waals surface area contributed by atoms with E-state index in [2.05, 4.69) is 10.3 Å². The number of hydrogen-bond acceptors (Lipinski definition) is 4. The molecule has 5 nitrogen and oxygen atoms in total. The Labute approximate surface area is 103 Å². The fourth-order valence-electron chi connectivity index (χ4n) is 2.01. The van der Waals surface area contributed by atoms with Crippen LogP contribution in [0.2, 0.25) is 0 Å². The van der Waals surface area contributed by atoms with Crippen LogP contribution in [-0.4, -0.2) is 22.1 Å². The van der Waals surface area contributed by atoms with Gasteiger partial charge in [-0.1, -0.05) is 5.21 Å². The summed E-state index contributed by atoms with van der Waals surface area (Å²) in [7, 11) is 1.43. The second kappa shape index (κ2) is 3.97. The largest absolute Gasteiger partial charge is 0.494 e. The summed E-state index contributed by atoms with van der Waals surface area (Å²) in [6.45, 7) is 0. The van der Waals surface area contributed by atoms with Gasteiger partial charge in [0.1, 0.15) is 0 Å². The van der Waals surface area contributed by atoms with Crippen LogP contribution in [0.1, 0.15) is 24.5 Å². The number of methoxy groups -OCH3 is 1. The van der Waals surface area contributed by atoms with Gasteiger partial charge in [0.2, 0.25) is 0 Å². The van der Waals surface area contributed by atoms with Crippen LogP contribution in [0.4, 0.5) is 10.2 Å². The SMILES string of the molecule is COc1cc(-n2nnc(N)c2C2CC2)ccc1F. The van der Waals surface area contributed by atoms with E-state index in [9.17, 15) is 4.39 Å². The number of rotatable bonds is 3. The third kappa shape index (κ3) is 1.70. The maximum Gasteiger partial charge on any atom is 0.169 e. The Bertz CT molecular complexity index is 592. The van der Waals surface area contributed by atoms with Crippen LogP contribution in [0.3, 0.4) is 0 Å². The zero-order valence-electron chi connectivity index (χ0n) is 9.93. The van der Waals surface area contributed by atoms with Crippen molar-refractivity contribution in [1.82, 2.24) is 15.0 Å². The van der Waals surface area contributed by atoms with E-state index in [1.165, 1.54) is 13.2 Å². The average Bonchev–Trinajstić information content (AvgIpc) is 3.13. The quantitative estimate of drug-likeness (QED) is 0.900. The van der Waals surface area contributed by atoms with Crippen LogP contribution in [0, 0.1) is 5.82 Å². The first-order chi connectivity index (χ1) is 8.70. The number of nitrogens with two attached hydrogens (primary N) is 1. The predicted molar refractivity (Wildman–Crippen MR) is 64.3 cm³/mol. The van der Waals surface area contributed by atoms with Gasteiger partial charge in [0.25, 0.3) is 0 Å². The molecule has 1 aromatic heterocycles. The van der Waals surface area contributed by atoms with E-state index < -0.39 is 5.82 Å². The van der Waals surface area contributed by atoms with E-state index in [-0.39, 0.29) is 5.75 Å². The smallest absolute Gasteiger partial charge is 0.169 e. The van der Waals surface area contributed by atoms with Crippen molar-refractivity contribution in [2.24, 2.45) is 0 Å². The van der Waals surface area contributed by atoms with E-state index in [0.717, 1.165) is 18.5 Å². The zero-order valence-corrected chi connectivity index (χ0v) is 9.93. The molecule has 1 saturated carbocycles. The Balaban J connectivity index is 2.09. The molecule has 2 aromatic rings. The minimum atomic E-state index is -0.401. The third-order valence-corrected chi connectivity index (χ3v) is 3.08. The Kier molecular flexibility index (Phi) is 2.43. The van der Waals surface area contributed by atoms with Gasteiger partial charge in [-0.15, -0.1) is 5.10 Å². The first kappa shape index (κ1) is 11.0. The predicted octanol–water partition coefficient (Wildman–Crippen LogP) is 1.87. The maximum atomic E-state index is 13.4. The molecule has 1 aliphatic carbocycles. The number of anilines is 1. The molecule has 1 heterocycles. The molecule has 1 fully saturated rings. The average molecular weight is 248 g/mol. The molecule has 3 rings (SSSR count). The summed E-state index contributed by atoms with van der Waals surface area (Å²) >= 11 is 0. The van der Waals surface area contributed by atoms with Gasteiger partial charge in [-0.2, -0.15) is 0 Å². The molecule has 0 amide bonds. The molecule has 6 heteroatoms. The molecule has 0 aliphatic heterocycles. The standard InChI is InChI=1S/C12H13FN4O/c1-18-10-6-8(4-5-9(10)13)17-11(7-2-3-7)12(14)15-16-17/h4-7H,2-3,14H2,1H3. The zero-order chi connectivity index (χ0) is 12.7. The van der Waals surface area contributed by atoms with E-state index in [4.69, 9.17) is 10.5 Å². The first-order valence-electron chi connectivity index (χ1n) is 5.75. The summed E-state index contributed by atoms with van der Waals surface area (Å²) in [5.74, 6) is 0.641. The molecule has 2 N–H and O–H groups in total. The molecular formula is C12H13FN4O. The number of benzene rings is 1. The molecular weight excluding hydrogens is 235 g/mol. The Morgan fingerprint density at radius 2 is 2.22 bits per heavy atom. The van der Waals surface area contributed by atoms with E-state index in [1.54, 1.807) is 16.8 Å². The van der Waals surface area contributed by atoms with Crippen LogP contribution in [0.25, 0.3) is 5.69 Å². The van der Waals surface area contributed by atoms with Crippen LogP contribution < -0.4 is 10.5 Å². The second-order valence-electron chi connectivity index (χ2n) is 4.36. The van der Waals surface area contributed by atoms with Crippen molar-refractivity contribution in [2.75, 3.05) is 12.8 Å². The van der Waals surface area contributed by atoms with Crippen molar-refractivity contribution in [2.45, 2.75) is 18.8 Å². The lowest BCUT2D eigenvalue weighted by atomic mass is 10.2. The van der Waals surface area contributed by atoms with Crippen LogP contribution in [0.15, 0.2) is 18.2 Å². The molecule has 1 aromatic carbocycles. The number of halogens is 1. The van der Waals surface area contributed by atoms with Crippen molar-refractivity contribution in [1.29, 1.82) is 0 Å². The Morgan fingerprint density at radius 1 is 1.44 bits per heavy atom. The molecule has 0 bridgehead atoms. The molecule has 0 spiro atoms. The fourth-order valence-corrected chi connectivity index (χ4v) is 2.01. The normalized spacial score (nSPS) is 14.8. The highest BCUT2D eigenvalue weighted by Crippen LogP contribution is 2.42. The van der Waals surface area contributed by atoms with E-state index >= 15 is 0 Å². The summed E-state index contributed by atoms with van der Waals surface area (Å²) < 4.78 is 20.0. The molecule has 94 valence electrons. The molecule has 0 saturated heterocycles. The third-order valence-electron chi connectivity index (χ3n) is 3.08. The summed E-state index contributed by atoms with van der Waals surface area (Å²) in [4.78, 5) is 0. The number of nitrogen functional groups attached to an aromatic ring is 1. The molecule has 18 heavy (non-hydrogen) atoms. The minimum Gasteiger partial charge on any atom is -0.494 e. The molecule has 0 radical (unpaired) electrons. The maximum absolute atomic E-state index is 13.4. The van der Waals surface area contributed by atoms with Gasteiger partial charge in [0.05, 0.1) is 18.5 Å². The van der Waals surface area contributed by atoms with Gasteiger partial charge in [-0.25, -0.2) is 9.07 Å². The Hall–Kier alpha value is -2.11. The molecule has 0 unspecified atom stereocenters. The van der Waals surface area contributed by atoms with Crippen molar-refractivity contribution in [3.63, 3.8) is 0 Å². The van der Waals surface area contributed by atoms with Gasteiger partial charge < -0.3 is 10.5 Å². The number of nitrogens with zero attached hydrogens (tertiary/aromatic N) is 3. The van der Waals surface area contributed by atoms with Crippen molar-refractivity contribution < 1.29 is 9.13 Å².